The Labute approximate surface area is 166 Å². The first-order valence-electron chi connectivity index (χ1n) is 8.77. The van der Waals surface area contributed by atoms with Gasteiger partial charge in [0.15, 0.2) is 6.04 Å². The van der Waals surface area contributed by atoms with Gasteiger partial charge in [-0.15, -0.1) is 0 Å². The van der Waals surface area contributed by atoms with Gasteiger partial charge in [-0.2, -0.15) is 5.10 Å². The molecular weight excluding hydrogens is 374 g/mol. The molecule has 0 spiro atoms. The lowest BCUT2D eigenvalue weighted by atomic mass is 10.1. The lowest BCUT2D eigenvalue weighted by Crippen LogP contribution is -2.38. The number of carboxylic acids is 1. The van der Waals surface area contributed by atoms with Crippen molar-refractivity contribution in [3.63, 3.8) is 0 Å². The molecule has 8 nitrogen and oxygen atoms in total. The van der Waals surface area contributed by atoms with Crippen molar-refractivity contribution in [3.8, 4) is 17.0 Å². The summed E-state index contributed by atoms with van der Waals surface area (Å²) in [5.41, 5.74) is 1.20. The van der Waals surface area contributed by atoms with E-state index in [9.17, 15) is 19.5 Å². The number of rotatable bonds is 7. The van der Waals surface area contributed by atoms with Gasteiger partial charge in [-0.05, 0) is 35.9 Å². The van der Waals surface area contributed by atoms with Crippen molar-refractivity contribution in [2.24, 2.45) is 0 Å². The molecule has 1 heterocycles. The summed E-state index contributed by atoms with van der Waals surface area (Å²) in [6.45, 7) is -0.403. The number of ether oxygens (including phenoxy) is 1. The van der Waals surface area contributed by atoms with Crippen molar-refractivity contribution in [1.29, 1.82) is 0 Å². The summed E-state index contributed by atoms with van der Waals surface area (Å²) in [5.74, 6) is -1.15. The number of benzene rings is 2. The van der Waals surface area contributed by atoms with Gasteiger partial charge in [-0.1, -0.05) is 30.3 Å². The van der Waals surface area contributed by atoms with Crippen LogP contribution in [0.4, 0.5) is 0 Å². The Morgan fingerprint density at radius 1 is 1.07 bits per heavy atom. The normalized spacial score (nSPS) is 11.5. The number of hydrogen-bond acceptors (Lipinski definition) is 5. The molecule has 2 aromatic carbocycles. The monoisotopic (exact) mass is 393 g/mol. The van der Waals surface area contributed by atoms with Crippen molar-refractivity contribution in [2.75, 3.05) is 7.11 Å². The predicted octanol–water partition coefficient (Wildman–Crippen LogP) is 1.86. The fourth-order valence-corrected chi connectivity index (χ4v) is 2.75. The number of hydrogen-bond donors (Lipinski definition) is 2. The number of nitrogens with one attached hydrogen (secondary N) is 1. The molecule has 0 fully saturated rings. The van der Waals surface area contributed by atoms with Crippen LogP contribution in [0.15, 0.2) is 71.5 Å². The minimum absolute atomic E-state index is 0.403. The van der Waals surface area contributed by atoms with Crippen LogP contribution in [-0.4, -0.2) is 33.9 Å². The topological polar surface area (TPSA) is 111 Å². The van der Waals surface area contributed by atoms with Gasteiger partial charge in [0.25, 0.3) is 5.56 Å². The molecule has 8 heteroatoms. The molecule has 3 rings (SSSR count). The van der Waals surface area contributed by atoms with E-state index in [2.05, 4.69) is 10.4 Å². The molecule has 0 aliphatic carbocycles. The first kappa shape index (κ1) is 19.8. The molecular formula is C21H19N3O5. The Hall–Kier alpha value is -3.94. The van der Waals surface area contributed by atoms with Crippen LogP contribution in [0.1, 0.15) is 11.6 Å². The molecule has 3 aromatic rings. The van der Waals surface area contributed by atoms with Gasteiger partial charge in [0, 0.05) is 11.6 Å². The lowest BCUT2D eigenvalue weighted by molar-refractivity contribution is -0.142. The Morgan fingerprint density at radius 2 is 1.76 bits per heavy atom. The molecule has 0 aliphatic rings. The predicted molar refractivity (Wildman–Crippen MR) is 105 cm³/mol. The van der Waals surface area contributed by atoms with E-state index >= 15 is 0 Å². The highest BCUT2D eigenvalue weighted by molar-refractivity contribution is 5.84. The van der Waals surface area contributed by atoms with Crippen LogP contribution in [0.2, 0.25) is 0 Å². The van der Waals surface area contributed by atoms with Crippen LogP contribution in [0.5, 0.6) is 5.75 Å². The second-order valence-corrected chi connectivity index (χ2v) is 6.19. The lowest BCUT2D eigenvalue weighted by Gasteiger charge is -2.15. The van der Waals surface area contributed by atoms with Crippen molar-refractivity contribution >= 4 is 11.9 Å². The molecule has 2 N–H and O–H groups in total. The highest BCUT2D eigenvalue weighted by atomic mass is 16.5. The van der Waals surface area contributed by atoms with Gasteiger partial charge in [0.05, 0.1) is 12.8 Å². The number of nitrogens with zero attached hydrogens (tertiary/aromatic N) is 2. The molecule has 1 atom stereocenters. The summed E-state index contributed by atoms with van der Waals surface area (Å²) in [6.07, 6.45) is 0. The third-order valence-corrected chi connectivity index (χ3v) is 4.23. The van der Waals surface area contributed by atoms with Crippen LogP contribution in [0, 0.1) is 0 Å². The van der Waals surface area contributed by atoms with Gasteiger partial charge in [-0.3, -0.25) is 9.59 Å². The van der Waals surface area contributed by atoms with Gasteiger partial charge >= 0.3 is 5.97 Å². The maximum atomic E-state index is 12.4. The Balaban J connectivity index is 1.79. The Morgan fingerprint density at radius 3 is 2.38 bits per heavy atom. The van der Waals surface area contributed by atoms with E-state index in [1.807, 2.05) is 0 Å². The summed E-state index contributed by atoms with van der Waals surface area (Å²) in [7, 11) is 1.56. The number of aliphatic carboxylic acids is 1. The highest BCUT2D eigenvalue weighted by Gasteiger charge is 2.22. The van der Waals surface area contributed by atoms with Crippen LogP contribution in [-0.2, 0) is 16.1 Å². The zero-order chi connectivity index (χ0) is 20.8. The van der Waals surface area contributed by atoms with Crippen LogP contribution < -0.4 is 15.6 Å². The number of carboxylic acid groups (broad SMARTS) is 1. The van der Waals surface area contributed by atoms with Crippen LogP contribution >= 0.6 is 0 Å². The smallest absolute Gasteiger partial charge is 0.330 e. The van der Waals surface area contributed by atoms with E-state index in [-0.39, 0.29) is 0 Å². The Kier molecular flexibility index (Phi) is 6.03. The van der Waals surface area contributed by atoms with Gasteiger partial charge in [0.1, 0.15) is 12.3 Å². The standard InChI is InChI=1S/C21H19N3O5/c1-29-16-9-7-14(8-10-16)17-11-12-19(26)24(23-17)13-18(25)22-20(21(27)28)15-5-3-2-4-6-15/h2-12,20H,13H2,1H3,(H,22,25)(H,27,28). The maximum absolute atomic E-state index is 12.4. The number of aromatic nitrogens is 2. The molecule has 0 aliphatic heterocycles. The molecule has 0 bridgehead atoms. The number of carbonyl (C=O) groups excluding carboxylic acids is 1. The second kappa shape index (κ2) is 8.83. The zero-order valence-corrected chi connectivity index (χ0v) is 15.6. The van der Waals surface area contributed by atoms with Crippen LogP contribution in [0.25, 0.3) is 11.3 Å². The third kappa shape index (κ3) is 4.86. The number of methoxy groups -OCH3 is 1. The Bertz CT molecular complexity index is 1060. The van der Waals surface area contributed by atoms with E-state index in [0.717, 1.165) is 10.2 Å². The number of carbonyl (C=O) groups is 2. The summed E-state index contributed by atoms with van der Waals surface area (Å²) in [6, 6.07) is 17.1. The highest BCUT2D eigenvalue weighted by Crippen LogP contribution is 2.19. The average molecular weight is 393 g/mol. The fourth-order valence-electron chi connectivity index (χ4n) is 2.75. The summed E-state index contributed by atoms with van der Waals surface area (Å²) in [5, 5.41) is 16.1. The van der Waals surface area contributed by atoms with E-state index in [0.29, 0.717) is 17.0 Å². The SMILES string of the molecule is COc1ccc(-c2ccc(=O)n(CC(=O)NC(C(=O)O)c3ccccc3)n2)cc1. The quantitative estimate of drug-likeness (QED) is 0.634. The molecule has 0 saturated carbocycles. The average Bonchev–Trinajstić information content (AvgIpc) is 2.74. The summed E-state index contributed by atoms with van der Waals surface area (Å²) in [4.78, 5) is 36.0. The van der Waals surface area contributed by atoms with Crippen molar-refractivity contribution < 1.29 is 19.4 Å². The van der Waals surface area contributed by atoms with E-state index in [1.54, 1.807) is 67.8 Å². The van der Waals surface area contributed by atoms with E-state index in [1.165, 1.54) is 6.07 Å². The van der Waals surface area contributed by atoms with Gasteiger partial charge < -0.3 is 15.2 Å². The van der Waals surface area contributed by atoms with E-state index < -0.39 is 30.0 Å². The molecule has 0 radical (unpaired) electrons. The second-order valence-electron chi connectivity index (χ2n) is 6.19. The molecule has 1 aromatic heterocycles. The zero-order valence-electron chi connectivity index (χ0n) is 15.6. The fraction of sp³-hybridized carbons (Fsp3) is 0.143. The summed E-state index contributed by atoms with van der Waals surface area (Å²) >= 11 is 0. The number of amides is 1. The largest absolute Gasteiger partial charge is 0.497 e. The molecule has 148 valence electrons. The molecule has 0 saturated heterocycles. The van der Waals surface area contributed by atoms with Gasteiger partial charge in [-0.25, -0.2) is 9.48 Å². The van der Waals surface area contributed by atoms with Crippen LogP contribution in [0.3, 0.4) is 0 Å². The molecule has 1 amide bonds. The van der Waals surface area contributed by atoms with Gasteiger partial charge in [0.2, 0.25) is 5.91 Å². The van der Waals surface area contributed by atoms with Crippen molar-refractivity contribution in [1.82, 2.24) is 15.1 Å². The van der Waals surface area contributed by atoms with Crippen molar-refractivity contribution in [2.45, 2.75) is 12.6 Å². The van der Waals surface area contributed by atoms with Crippen molar-refractivity contribution in [3.05, 3.63) is 82.6 Å². The van der Waals surface area contributed by atoms with E-state index in [4.69, 9.17) is 4.74 Å². The third-order valence-electron chi connectivity index (χ3n) is 4.23. The molecule has 29 heavy (non-hydrogen) atoms. The summed E-state index contributed by atoms with van der Waals surface area (Å²) < 4.78 is 6.12. The minimum atomic E-state index is -1.22. The first-order chi connectivity index (χ1) is 14.0. The maximum Gasteiger partial charge on any atom is 0.330 e. The molecule has 1 unspecified atom stereocenters. The first-order valence-corrected chi connectivity index (χ1v) is 8.77. The minimum Gasteiger partial charge on any atom is -0.497 e.